The number of carbonyl (C=O) groups excluding carboxylic acids is 1. The number of hydrogen-bond donors (Lipinski definition) is 2. The zero-order valence-electron chi connectivity index (χ0n) is 15.0. The predicted molar refractivity (Wildman–Crippen MR) is 115 cm³/mol. The van der Waals surface area contributed by atoms with E-state index in [4.69, 9.17) is 27.9 Å². The van der Waals surface area contributed by atoms with Gasteiger partial charge >= 0.3 is 0 Å². The summed E-state index contributed by atoms with van der Waals surface area (Å²) in [5.74, 6) is 0.205. The van der Waals surface area contributed by atoms with Gasteiger partial charge in [0.15, 0.2) is 5.13 Å². The minimum Gasteiger partial charge on any atom is -0.497 e. The number of thiazole rings is 1. The van der Waals surface area contributed by atoms with Crippen LogP contribution in [0.4, 0.5) is 10.8 Å². The molecule has 1 heterocycles. The van der Waals surface area contributed by atoms with Gasteiger partial charge in [-0.1, -0.05) is 23.2 Å². The van der Waals surface area contributed by atoms with Gasteiger partial charge in [-0.3, -0.25) is 9.52 Å². The van der Waals surface area contributed by atoms with Crippen molar-refractivity contribution in [2.45, 2.75) is 11.3 Å². The Bertz CT molecular complexity index is 1130. The third kappa shape index (κ3) is 5.60. The van der Waals surface area contributed by atoms with Crippen molar-refractivity contribution in [2.24, 2.45) is 0 Å². The molecule has 0 bridgehead atoms. The van der Waals surface area contributed by atoms with Crippen molar-refractivity contribution in [1.29, 1.82) is 0 Å². The van der Waals surface area contributed by atoms with E-state index < -0.39 is 10.0 Å². The fourth-order valence-corrected chi connectivity index (χ4v) is 4.73. The Hall–Kier alpha value is -2.33. The molecular weight excluding hydrogens is 457 g/mol. The largest absolute Gasteiger partial charge is 0.497 e. The van der Waals surface area contributed by atoms with Gasteiger partial charge in [-0.25, -0.2) is 13.4 Å². The molecule has 29 heavy (non-hydrogen) atoms. The highest BCUT2D eigenvalue weighted by Gasteiger charge is 2.17. The van der Waals surface area contributed by atoms with E-state index in [9.17, 15) is 13.2 Å². The molecule has 0 aliphatic carbocycles. The van der Waals surface area contributed by atoms with E-state index in [0.29, 0.717) is 27.2 Å². The van der Waals surface area contributed by atoms with Gasteiger partial charge < -0.3 is 10.1 Å². The maximum atomic E-state index is 12.4. The van der Waals surface area contributed by atoms with Gasteiger partial charge in [0.05, 0.1) is 34.8 Å². The average molecular weight is 472 g/mol. The molecule has 3 aromatic rings. The third-order valence-electron chi connectivity index (χ3n) is 3.69. The summed E-state index contributed by atoms with van der Waals surface area (Å²) in [6.45, 7) is 0. The summed E-state index contributed by atoms with van der Waals surface area (Å²) in [6, 6.07) is 10.7. The normalized spacial score (nSPS) is 11.1. The number of methoxy groups -OCH3 is 1. The van der Waals surface area contributed by atoms with E-state index in [0.717, 1.165) is 11.3 Å². The van der Waals surface area contributed by atoms with Crippen LogP contribution in [-0.4, -0.2) is 26.4 Å². The summed E-state index contributed by atoms with van der Waals surface area (Å²) in [6.07, 6.45) is -0.0419. The molecule has 152 valence electrons. The molecule has 0 radical (unpaired) electrons. The number of ether oxygens (including phenoxy) is 1. The van der Waals surface area contributed by atoms with Gasteiger partial charge in [0, 0.05) is 10.4 Å². The smallest absolute Gasteiger partial charge is 0.263 e. The second-order valence-electron chi connectivity index (χ2n) is 5.77. The molecule has 0 saturated carbocycles. The molecule has 1 aromatic heterocycles. The summed E-state index contributed by atoms with van der Waals surface area (Å²) in [5.41, 5.74) is 0.849. The van der Waals surface area contributed by atoms with E-state index in [1.165, 1.54) is 25.3 Å². The number of halogens is 2. The van der Waals surface area contributed by atoms with Crippen LogP contribution in [0.2, 0.25) is 10.0 Å². The molecule has 11 heteroatoms. The van der Waals surface area contributed by atoms with Gasteiger partial charge in [0.2, 0.25) is 5.91 Å². The molecule has 0 aliphatic heterocycles. The standard InChI is InChI=1S/C18H15Cl2N3O4S2/c1-27-13-3-5-14(6-4-13)29(25,26)23-18-21-12(10-28-18)9-17(24)22-16-7-2-11(19)8-15(16)20/h2-8,10H,9H2,1H3,(H,21,23)(H,22,24). The molecule has 2 aromatic carbocycles. The maximum Gasteiger partial charge on any atom is 0.263 e. The van der Waals surface area contributed by atoms with Crippen molar-refractivity contribution in [2.75, 3.05) is 17.1 Å². The SMILES string of the molecule is COc1ccc(S(=O)(=O)Nc2nc(CC(=O)Nc3ccc(Cl)cc3Cl)cs2)cc1. The minimum atomic E-state index is -3.80. The molecule has 0 atom stereocenters. The van der Waals surface area contributed by atoms with Gasteiger partial charge in [-0.15, -0.1) is 11.3 Å². The van der Waals surface area contributed by atoms with Crippen molar-refractivity contribution in [1.82, 2.24) is 4.98 Å². The van der Waals surface area contributed by atoms with Crippen molar-refractivity contribution in [3.63, 3.8) is 0 Å². The number of nitrogens with one attached hydrogen (secondary N) is 2. The number of rotatable bonds is 7. The molecular formula is C18H15Cl2N3O4S2. The zero-order valence-corrected chi connectivity index (χ0v) is 18.1. The molecule has 0 unspecified atom stereocenters. The highest BCUT2D eigenvalue weighted by Crippen LogP contribution is 2.26. The van der Waals surface area contributed by atoms with Crippen LogP contribution in [0.5, 0.6) is 5.75 Å². The fraction of sp³-hybridized carbons (Fsp3) is 0.111. The summed E-state index contributed by atoms with van der Waals surface area (Å²) in [4.78, 5) is 16.4. The third-order valence-corrected chi connectivity index (χ3v) is 6.53. The van der Waals surface area contributed by atoms with E-state index >= 15 is 0 Å². The highest BCUT2D eigenvalue weighted by atomic mass is 35.5. The van der Waals surface area contributed by atoms with Crippen LogP contribution < -0.4 is 14.8 Å². The Morgan fingerprint density at radius 1 is 1.17 bits per heavy atom. The number of benzene rings is 2. The first-order valence-electron chi connectivity index (χ1n) is 8.13. The van der Waals surface area contributed by atoms with E-state index in [2.05, 4.69) is 15.0 Å². The van der Waals surface area contributed by atoms with Crippen LogP contribution in [-0.2, 0) is 21.2 Å². The van der Waals surface area contributed by atoms with Gasteiger partial charge in [-0.2, -0.15) is 0 Å². The molecule has 0 spiro atoms. The Morgan fingerprint density at radius 2 is 1.90 bits per heavy atom. The Balaban J connectivity index is 1.64. The lowest BCUT2D eigenvalue weighted by Crippen LogP contribution is -2.15. The fourth-order valence-electron chi connectivity index (χ4n) is 2.31. The molecule has 1 amide bonds. The van der Waals surface area contributed by atoms with Crippen LogP contribution in [0.25, 0.3) is 0 Å². The summed E-state index contributed by atoms with van der Waals surface area (Å²) in [7, 11) is -2.30. The molecule has 0 saturated heterocycles. The number of hydrogen-bond acceptors (Lipinski definition) is 6. The first-order valence-corrected chi connectivity index (χ1v) is 11.2. The monoisotopic (exact) mass is 471 g/mol. The zero-order chi connectivity index (χ0) is 21.0. The molecule has 7 nitrogen and oxygen atoms in total. The van der Waals surface area contributed by atoms with Crippen LogP contribution in [0.3, 0.4) is 0 Å². The van der Waals surface area contributed by atoms with E-state index in [1.54, 1.807) is 29.6 Å². The molecule has 0 fully saturated rings. The lowest BCUT2D eigenvalue weighted by molar-refractivity contribution is -0.115. The summed E-state index contributed by atoms with van der Waals surface area (Å²) < 4.78 is 32.3. The number of nitrogens with zero attached hydrogens (tertiary/aromatic N) is 1. The molecule has 2 N–H and O–H groups in total. The Kier molecular flexibility index (Phi) is 6.63. The van der Waals surface area contributed by atoms with Crippen LogP contribution >= 0.6 is 34.5 Å². The molecule has 3 rings (SSSR count). The quantitative estimate of drug-likeness (QED) is 0.530. The van der Waals surface area contributed by atoms with Gasteiger partial charge in [0.1, 0.15) is 5.75 Å². The predicted octanol–water partition coefficient (Wildman–Crippen LogP) is 4.44. The van der Waals surface area contributed by atoms with Crippen LogP contribution in [0, 0.1) is 0 Å². The first-order chi connectivity index (χ1) is 13.8. The Labute approximate surface area is 181 Å². The van der Waals surface area contributed by atoms with Crippen LogP contribution in [0.15, 0.2) is 52.7 Å². The van der Waals surface area contributed by atoms with E-state index in [-0.39, 0.29) is 22.4 Å². The maximum absolute atomic E-state index is 12.4. The van der Waals surface area contributed by atoms with E-state index in [1.807, 2.05) is 0 Å². The van der Waals surface area contributed by atoms with Gasteiger partial charge in [0.25, 0.3) is 10.0 Å². The Morgan fingerprint density at radius 3 is 2.55 bits per heavy atom. The number of sulfonamides is 1. The lowest BCUT2D eigenvalue weighted by atomic mass is 10.3. The number of aromatic nitrogens is 1. The molecule has 0 aliphatic rings. The van der Waals surface area contributed by atoms with Gasteiger partial charge in [-0.05, 0) is 42.5 Å². The number of anilines is 2. The summed E-state index contributed by atoms with van der Waals surface area (Å²) in [5, 5.41) is 5.21. The second-order valence-corrected chi connectivity index (χ2v) is 9.16. The average Bonchev–Trinajstić information content (AvgIpc) is 3.10. The topological polar surface area (TPSA) is 97.4 Å². The number of amides is 1. The highest BCUT2D eigenvalue weighted by molar-refractivity contribution is 7.93. The van der Waals surface area contributed by atoms with Crippen LogP contribution in [0.1, 0.15) is 5.69 Å². The number of carbonyl (C=O) groups is 1. The summed E-state index contributed by atoms with van der Waals surface area (Å²) >= 11 is 12.9. The van der Waals surface area contributed by atoms with Crippen molar-refractivity contribution in [3.05, 3.63) is 63.6 Å². The minimum absolute atomic E-state index is 0.0419. The van der Waals surface area contributed by atoms with Crippen molar-refractivity contribution < 1.29 is 17.9 Å². The van der Waals surface area contributed by atoms with Crippen molar-refractivity contribution in [3.8, 4) is 5.75 Å². The lowest BCUT2D eigenvalue weighted by Gasteiger charge is -2.07. The first kappa shape index (κ1) is 21.4. The van der Waals surface area contributed by atoms with Crippen molar-refractivity contribution >= 4 is 61.3 Å². The second kappa shape index (κ2) is 9.00.